The molecule has 1 heterocycles. The third-order valence-electron chi connectivity index (χ3n) is 3.92. The summed E-state index contributed by atoms with van der Waals surface area (Å²) in [5.74, 6) is -1.74. The molecular weight excluding hydrogens is 349 g/mol. The molecular formula is C18H13F3N2O3. The first kappa shape index (κ1) is 17.7. The van der Waals surface area contributed by atoms with Crippen molar-refractivity contribution in [1.29, 1.82) is 0 Å². The number of hydrogen-bond acceptors (Lipinski definition) is 4. The molecule has 2 aliphatic rings. The minimum atomic E-state index is -5.08. The maximum Gasteiger partial charge on any atom is 0.490 e. The molecule has 0 saturated carbocycles. The lowest BCUT2D eigenvalue weighted by Crippen LogP contribution is -2.21. The summed E-state index contributed by atoms with van der Waals surface area (Å²) in [5.41, 5.74) is 4.66. The minimum Gasteiger partial charge on any atom is -0.475 e. The van der Waals surface area contributed by atoms with Gasteiger partial charge in [0.05, 0.1) is 6.54 Å². The van der Waals surface area contributed by atoms with E-state index in [2.05, 4.69) is 10.3 Å². The van der Waals surface area contributed by atoms with Crippen LogP contribution in [0.1, 0.15) is 21.5 Å². The molecule has 0 fully saturated rings. The molecule has 0 aromatic heterocycles. The smallest absolute Gasteiger partial charge is 0.475 e. The second-order valence-corrected chi connectivity index (χ2v) is 5.56. The van der Waals surface area contributed by atoms with E-state index < -0.39 is 12.1 Å². The van der Waals surface area contributed by atoms with E-state index in [0.29, 0.717) is 0 Å². The molecule has 8 heteroatoms. The van der Waals surface area contributed by atoms with Gasteiger partial charge in [0.1, 0.15) is 5.84 Å². The van der Waals surface area contributed by atoms with Crippen molar-refractivity contribution in [2.75, 3.05) is 13.1 Å². The van der Waals surface area contributed by atoms with E-state index in [4.69, 9.17) is 9.90 Å². The van der Waals surface area contributed by atoms with Crippen molar-refractivity contribution in [3.63, 3.8) is 0 Å². The van der Waals surface area contributed by atoms with Crippen molar-refractivity contribution in [2.45, 2.75) is 6.18 Å². The number of amidine groups is 1. The number of ketones is 1. The minimum absolute atomic E-state index is 0.117. The number of alkyl halides is 3. The van der Waals surface area contributed by atoms with Crippen molar-refractivity contribution in [2.24, 2.45) is 4.99 Å². The Hall–Kier alpha value is -3.16. The fourth-order valence-electron chi connectivity index (χ4n) is 2.85. The normalized spacial score (nSPS) is 14.6. The molecule has 26 heavy (non-hydrogen) atoms. The molecule has 0 amide bonds. The highest BCUT2D eigenvalue weighted by Gasteiger charge is 2.38. The van der Waals surface area contributed by atoms with Gasteiger partial charge in [-0.2, -0.15) is 13.2 Å². The van der Waals surface area contributed by atoms with Gasteiger partial charge in [-0.3, -0.25) is 9.79 Å². The van der Waals surface area contributed by atoms with Crippen molar-refractivity contribution in [3.8, 4) is 11.1 Å². The summed E-state index contributed by atoms with van der Waals surface area (Å²) in [7, 11) is 0. The molecule has 5 nitrogen and oxygen atoms in total. The first-order chi connectivity index (χ1) is 12.3. The van der Waals surface area contributed by atoms with Crippen LogP contribution in [0.25, 0.3) is 11.1 Å². The second kappa shape index (κ2) is 6.62. The van der Waals surface area contributed by atoms with E-state index in [0.717, 1.165) is 46.7 Å². The van der Waals surface area contributed by atoms with Gasteiger partial charge in [-0.1, -0.05) is 42.5 Å². The van der Waals surface area contributed by atoms with E-state index in [1.54, 1.807) is 0 Å². The largest absolute Gasteiger partial charge is 0.490 e. The second-order valence-electron chi connectivity index (χ2n) is 5.56. The van der Waals surface area contributed by atoms with Gasteiger partial charge in [0.25, 0.3) is 0 Å². The standard InChI is InChI=1S/C16H12N2O.C2HF3O2/c19-15-11-5-2-1-4-10(11)14-12(15)6-3-7-13(14)16-17-8-9-18-16;3-2(4,5)1(6)7/h1-7H,8-9H2,(H,17,18);(H,6,7). The number of nitrogens with zero attached hydrogens (tertiary/aromatic N) is 1. The summed E-state index contributed by atoms with van der Waals surface area (Å²) >= 11 is 0. The molecule has 2 aromatic rings. The lowest BCUT2D eigenvalue weighted by Gasteiger charge is -2.09. The monoisotopic (exact) mass is 362 g/mol. The maximum atomic E-state index is 12.4. The predicted molar refractivity (Wildman–Crippen MR) is 88.4 cm³/mol. The molecule has 1 aliphatic carbocycles. The van der Waals surface area contributed by atoms with Crippen LogP contribution in [-0.2, 0) is 4.79 Å². The summed E-state index contributed by atoms with van der Waals surface area (Å²) in [5, 5.41) is 10.4. The molecule has 0 bridgehead atoms. The van der Waals surface area contributed by atoms with Crippen LogP contribution in [0, 0.1) is 0 Å². The Morgan fingerprint density at radius 2 is 1.58 bits per heavy atom. The number of carbonyl (C=O) groups excluding carboxylic acids is 1. The highest BCUT2D eigenvalue weighted by molar-refractivity contribution is 6.25. The third-order valence-corrected chi connectivity index (χ3v) is 3.92. The molecule has 0 spiro atoms. The Balaban J connectivity index is 0.000000242. The highest BCUT2D eigenvalue weighted by atomic mass is 19.4. The fraction of sp³-hybridized carbons (Fsp3) is 0.167. The van der Waals surface area contributed by atoms with Crippen LogP contribution >= 0.6 is 0 Å². The van der Waals surface area contributed by atoms with Crippen molar-refractivity contribution < 1.29 is 27.9 Å². The lowest BCUT2D eigenvalue weighted by atomic mass is 9.99. The van der Waals surface area contributed by atoms with Crippen LogP contribution in [0.4, 0.5) is 13.2 Å². The Morgan fingerprint density at radius 3 is 2.15 bits per heavy atom. The van der Waals surface area contributed by atoms with E-state index >= 15 is 0 Å². The van der Waals surface area contributed by atoms with Crippen LogP contribution in [0.2, 0.25) is 0 Å². The van der Waals surface area contributed by atoms with Crippen LogP contribution in [0.5, 0.6) is 0 Å². The number of carboxylic acids is 1. The number of benzene rings is 2. The number of aliphatic carboxylic acids is 1. The molecule has 1 aliphatic heterocycles. The number of hydrogen-bond donors (Lipinski definition) is 2. The van der Waals surface area contributed by atoms with Gasteiger partial charge in [0.15, 0.2) is 5.78 Å². The number of rotatable bonds is 1. The van der Waals surface area contributed by atoms with Crippen molar-refractivity contribution >= 4 is 17.6 Å². The molecule has 4 rings (SSSR count). The van der Waals surface area contributed by atoms with E-state index in [1.807, 2.05) is 42.5 Å². The number of aliphatic imine (C=N–C) groups is 1. The predicted octanol–water partition coefficient (Wildman–Crippen LogP) is 2.88. The van der Waals surface area contributed by atoms with Gasteiger partial charge >= 0.3 is 12.1 Å². The Kier molecular flexibility index (Phi) is 4.50. The van der Waals surface area contributed by atoms with Crippen LogP contribution in [0.15, 0.2) is 47.5 Å². The Bertz CT molecular complexity index is 920. The van der Waals surface area contributed by atoms with Gasteiger partial charge in [-0.15, -0.1) is 0 Å². The first-order valence-electron chi connectivity index (χ1n) is 7.66. The number of nitrogens with one attached hydrogen (secondary N) is 1. The van der Waals surface area contributed by atoms with Crippen LogP contribution in [0.3, 0.4) is 0 Å². The van der Waals surface area contributed by atoms with Gasteiger partial charge in [-0.25, -0.2) is 4.79 Å². The summed E-state index contributed by atoms with van der Waals surface area (Å²) in [6.07, 6.45) is -5.08. The van der Waals surface area contributed by atoms with E-state index in [-0.39, 0.29) is 5.78 Å². The average Bonchev–Trinajstić information content (AvgIpc) is 3.23. The average molecular weight is 362 g/mol. The molecule has 134 valence electrons. The zero-order valence-electron chi connectivity index (χ0n) is 13.3. The van der Waals surface area contributed by atoms with E-state index in [9.17, 15) is 18.0 Å². The molecule has 0 saturated heterocycles. The maximum absolute atomic E-state index is 12.4. The van der Waals surface area contributed by atoms with E-state index in [1.165, 1.54) is 0 Å². The molecule has 0 radical (unpaired) electrons. The summed E-state index contributed by atoms with van der Waals surface area (Å²) in [6, 6.07) is 13.7. The topological polar surface area (TPSA) is 78.8 Å². The molecule has 2 aromatic carbocycles. The fourth-order valence-corrected chi connectivity index (χ4v) is 2.85. The summed E-state index contributed by atoms with van der Waals surface area (Å²) < 4.78 is 31.7. The quantitative estimate of drug-likeness (QED) is 0.698. The molecule has 0 unspecified atom stereocenters. The number of halogens is 3. The summed E-state index contributed by atoms with van der Waals surface area (Å²) in [4.78, 5) is 25.8. The molecule has 2 N–H and O–H groups in total. The molecule has 0 atom stereocenters. The van der Waals surface area contributed by atoms with Gasteiger partial charge in [0.2, 0.25) is 0 Å². The third kappa shape index (κ3) is 3.17. The van der Waals surface area contributed by atoms with Gasteiger partial charge < -0.3 is 10.4 Å². The number of fused-ring (bicyclic) bond motifs is 3. The number of carbonyl (C=O) groups is 2. The summed E-state index contributed by atoms with van der Waals surface area (Å²) in [6.45, 7) is 1.67. The zero-order chi connectivity index (χ0) is 18.9. The van der Waals surface area contributed by atoms with Gasteiger partial charge in [0, 0.05) is 28.8 Å². The zero-order valence-corrected chi connectivity index (χ0v) is 13.3. The van der Waals surface area contributed by atoms with Crippen molar-refractivity contribution in [1.82, 2.24) is 5.32 Å². The Labute approximate surface area is 146 Å². The van der Waals surface area contributed by atoms with Gasteiger partial charge in [-0.05, 0) is 5.56 Å². The number of carboxylic acid groups (broad SMARTS) is 1. The highest BCUT2D eigenvalue weighted by Crippen LogP contribution is 2.38. The van der Waals surface area contributed by atoms with Crippen LogP contribution in [-0.4, -0.2) is 42.0 Å². The Morgan fingerprint density at radius 1 is 1.00 bits per heavy atom. The van der Waals surface area contributed by atoms with Crippen LogP contribution < -0.4 is 5.32 Å². The SMILES string of the molecule is O=C(O)C(F)(F)F.O=C1c2ccccc2-c2c1cccc2C1=NCCN1. The lowest BCUT2D eigenvalue weighted by molar-refractivity contribution is -0.192. The first-order valence-corrected chi connectivity index (χ1v) is 7.66. The van der Waals surface area contributed by atoms with Crippen molar-refractivity contribution in [3.05, 3.63) is 59.2 Å².